The van der Waals surface area contributed by atoms with Gasteiger partial charge in [0.15, 0.2) is 0 Å². The molecule has 23 heavy (non-hydrogen) atoms. The summed E-state index contributed by atoms with van der Waals surface area (Å²) in [6, 6.07) is 9.15. The second kappa shape index (κ2) is 6.09. The van der Waals surface area contributed by atoms with E-state index in [4.69, 9.17) is 10.2 Å². The molecule has 2 aromatic rings. The van der Waals surface area contributed by atoms with E-state index in [-0.39, 0.29) is 21.7 Å². The SMILES string of the molecule is Cc1cccc(S(=O)(=O)Nc2cc(C(=O)O)ccc2C(=O)O)c1. The number of carboxylic acid groups (broad SMARTS) is 2. The fraction of sp³-hybridized carbons (Fsp3) is 0.0667. The number of carbonyl (C=O) groups is 2. The molecule has 0 aliphatic carbocycles. The van der Waals surface area contributed by atoms with E-state index in [1.807, 2.05) is 0 Å². The normalized spacial score (nSPS) is 11.0. The van der Waals surface area contributed by atoms with Gasteiger partial charge in [-0.1, -0.05) is 12.1 Å². The van der Waals surface area contributed by atoms with Gasteiger partial charge in [0.05, 0.1) is 21.7 Å². The highest BCUT2D eigenvalue weighted by Crippen LogP contribution is 2.22. The summed E-state index contributed by atoms with van der Waals surface area (Å²) in [6.45, 7) is 1.72. The molecule has 0 amide bonds. The van der Waals surface area contributed by atoms with E-state index < -0.39 is 22.0 Å². The summed E-state index contributed by atoms with van der Waals surface area (Å²) in [4.78, 5) is 22.1. The third kappa shape index (κ3) is 3.67. The molecule has 0 bridgehead atoms. The molecule has 0 heterocycles. The maximum Gasteiger partial charge on any atom is 0.337 e. The molecule has 0 spiro atoms. The van der Waals surface area contributed by atoms with E-state index in [1.165, 1.54) is 12.1 Å². The first kappa shape index (κ1) is 16.5. The maximum absolute atomic E-state index is 12.4. The van der Waals surface area contributed by atoms with Crippen LogP contribution in [0.2, 0.25) is 0 Å². The summed E-state index contributed by atoms with van der Waals surface area (Å²) >= 11 is 0. The molecule has 0 fully saturated rings. The highest BCUT2D eigenvalue weighted by atomic mass is 32.2. The Hall–Kier alpha value is -2.87. The van der Waals surface area contributed by atoms with Crippen LogP contribution in [0.4, 0.5) is 5.69 Å². The Morgan fingerprint density at radius 2 is 1.70 bits per heavy atom. The number of sulfonamides is 1. The topological polar surface area (TPSA) is 121 Å². The van der Waals surface area contributed by atoms with Gasteiger partial charge in [-0.25, -0.2) is 18.0 Å². The zero-order valence-corrected chi connectivity index (χ0v) is 12.8. The Bertz CT molecular complexity index is 889. The Kier molecular flexibility index (Phi) is 4.37. The molecule has 120 valence electrons. The Morgan fingerprint density at radius 1 is 1.00 bits per heavy atom. The highest BCUT2D eigenvalue weighted by Gasteiger charge is 2.20. The summed E-state index contributed by atoms with van der Waals surface area (Å²) in [5.41, 5.74) is -0.160. The maximum atomic E-state index is 12.4. The molecular formula is C15H13NO6S. The number of hydrogen-bond donors (Lipinski definition) is 3. The van der Waals surface area contributed by atoms with Crippen molar-refractivity contribution in [2.45, 2.75) is 11.8 Å². The molecule has 0 saturated heterocycles. The lowest BCUT2D eigenvalue weighted by atomic mass is 10.1. The number of hydrogen-bond acceptors (Lipinski definition) is 4. The van der Waals surface area contributed by atoms with Gasteiger partial charge < -0.3 is 10.2 Å². The number of carboxylic acids is 2. The Balaban J connectivity index is 2.51. The third-order valence-corrected chi connectivity index (χ3v) is 4.40. The largest absolute Gasteiger partial charge is 0.478 e. The molecule has 0 aromatic heterocycles. The van der Waals surface area contributed by atoms with E-state index in [2.05, 4.69) is 4.72 Å². The molecule has 0 saturated carbocycles. The van der Waals surface area contributed by atoms with Crippen molar-refractivity contribution in [3.05, 3.63) is 59.2 Å². The Morgan fingerprint density at radius 3 is 2.26 bits per heavy atom. The van der Waals surface area contributed by atoms with Crippen LogP contribution in [0.15, 0.2) is 47.4 Å². The predicted octanol–water partition coefficient (Wildman–Crippen LogP) is 2.19. The van der Waals surface area contributed by atoms with Crippen LogP contribution in [-0.4, -0.2) is 30.6 Å². The van der Waals surface area contributed by atoms with Crippen LogP contribution in [-0.2, 0) is 10.0 Å². The molecule has 0 unspecified atom stereocenters. The first-order chi connectivity index (χ1) is 10.7. The molecule has 2 aromatic carbocycles. The van der Waals surface area contributed by atoms with Crippen LogP contribution in [0.5, 0.6) is 0 Å². The van der Waals surface area contributed by atoms with E-state index >= 15 is 0 Å². The van der Waals surface area contributed by atoms with Gasteiger partial charge in [-0.2, -0.15) is 0 Å². The number of aryl methyl sites for hydroxylation is 1. The van der Waals surface area contributed by atoms with Crippen molar-refractivity contribution in [2.24, 2.45) is 0 Å². The van der Waals surface area contributed by atoms with E-state index in [9.17, 15) is 18.0 Å². The number of anilines is 1. The fourth-order valence-corrected chi connectivity index (χ4v) is 3.11. The van der Waals surface area contributed by atoms with Gasteiger partial charge in [-0.3, -0.25) is 4.72 Å². The van der Waals surface area contributed by atoms with Crippen LogP contribution in [0.3, 0.4) is 0 Å². The van der Waals surface area contributed by atoms with Gasteiger partial charge in [-0.05, 0) is 42.8 Å². The number of nitrogens with one attached hydrogen (secondary N) is 1. The lowest BCUT2D eigenvalue weighted by molar-refractivity contribution is 0.0682. The molecule has 0 aliphatic rings. The minimum absolute atomic E-state index is 0.0467. The molecule has 8 heteroatoms. The number of benzene rings is 2. The van der Waals surface area contributed by atoms with Crippen LogP contribution in [0.25, 0.3) is 0 Å². The van der Waals surface area contributed by atoms with Gasteiger partial charge >= 0.3 is 11.9 Å². The molecular weight excluding hydrogens is 322 g/mol. The molecule has 3 N–H and O–H groups in total. The third-order valence-electron chi connectivity index (χ3n) is 3.04. The first-order valence-electron chi connectivity index (χ1n) is 6.41. The summed E-state index contributed by atoms with van der Waals surface area (Å²) in [6.07, 6.45) is 0. The minimum Gasteiger partial charge on any atom is -0.478 e. The second-order valence-corrected chi connectivity index (χ2v) is 6.48. The predicted molar refractivity (Wildman–Crippen MR) is 82.3 cm³/mol. The smallest absolute Gasteiger partial charge is 0.337 e. The molecule has 0 radical (unpaired) electrons. The number of aromatic carboxylic acids is 2. The van der Waals surface area contributed by atoms with E-state index in [0.717, 1.165) is 18.2 Å². The van der Waals surface area contributed by atoms with Gasteiger partial charge in [0.2, 0.25) is 0 Å². The van der Waals surface area contributed by atoms with Gasteiger partial charge in [-0.15, -0.1) is 0 Å². The van der Waals surface area contributed by atoms with Crippen molar-refractivity contribution in [1.82, 2.24) is 0 Å². The summed E-state index contributed by atoms with van der Waals surface area (Å²) < 4.78 is 26.9. The summed E-state index contributed by atoms with van der Waals surface area (Å²) in [5, 5.41) is 18.1. The van der Waals surface area contributed by atoms with Gasteiger partial charge in [0, 0.05) is 0 Å². The van der Waals surface area contributed by atoms with Gasteiger partial charge in [0.25, 0.3) is 10.0 Å². The van der Waals surface area contributed by atoms with Crippen LogP contribution >= 0.6 is 0 Å². The molecule has 0 atom stereocenters. The summed E-state index contributed by atoms with van der Waals surface area (Å²) in [7, 11) is -4.04. The van der Waals surface area contributed by atoms with Crippen molar-refractivity contribution in [1.29, 1.82) is 0 Å². The average Bonchev–Trinajstić information content (AvgIpc) is 2.46. The Labute approximate surface area is 132 Å². The quantitative estimate of drug-likeness (QED) is 0.770. The minimum atomic E-state index is -4.04. The van der Waals surface area contributed by atoms with Crippen LogP contribution in [0, 0.1) is 6.92 Å². The van der Waals surface area contributed by atoms with Crippen molar-refractivity contribution in [3.8, 4) is 0 Å². The molecule has 0 aliphatic heterocycles. The monoisotopic (exact) mass is 335 g/mol. The van der Waals surface area contributed by atoms with Crippen molar-refractivity contribution in [2.75, 3.05) is 4.72 Å². The number of rotatable bonds is 5. The summed E-state index contributed by atoms with van der Waals surface area (Å²) in [5.74, 6) is -2.66. The highest BCUT2D eigenvalue weighted by molar-refractivity contribution is 7.92. The molecule has 7 nitrogen and oxygen atoms in total. The zero-order valence-electron chi connectivity index (χ0n) is 12.0. The average molecular weight is 335 g/mol. The lowest BCUT2D eigenvalue weighted by Gasteiger charge is -2.12. The van der Waals surface area contributed by atoms with Gasteiger partial charge in [0.1, 0.15) is 0 Å². The van der Waals surface area contributed by atoms with Crippen molar-refractivity contribution < 1.29 is 28.2 Å². The van der Waals surface area contributed by atoms with E-state index in [1.54, 1.807) is 19.1 Å². The second-order valence-electron chi connectivity index (χ2n) is 4.79. The first-order valence-corrected chi connectivity index (χ1v) is 7.89. The molecule has 2 rings (SSSR count). The van der Waals surface area contributed by atoms with Crippen molar-refractivity contribution >= 4 is 27.6 Å². The van der Waals surface area contributed by atoms with Crippen LogP contribution < -0.4 is 4.72 Å². The van der Waals surface area contributed by atoms with E-state index in [0.29, 0.717) is 5.56 Å². The fourth-order valence-electron chi connectivity index (χ4n) is 1.93. The standard InChI is InChI=1S/C15H13NO6S/c1-9-3-2-4-11(7-9)23(21,22)16-13-8-10(14(17)18)5-6-12(13)15(19)20/h2-8,16H,1H3,(H,17,18)(H,19,20). The zero-order chi connectivity index (χ0) is 17.2. The lowest BCUT2D eigenvalue weighted by Crippen LogP contribution is -2.16. The van der Waals surface area contributed by atoms with Crippen LogP contribution in [0.1, 0.15) is 26.3 Å². The van der Waals surface area contributed by atoms with Crippen molar-refractivity contribution in [3.63, 3.8) is 0 Å².